The van der Waals surface area contributed by atoms with Crippen molar-refractivity contribution in [2.24, 2.45) is 0 Å². The van der Waals surface area contributed by atoms with Crippen molar-refractivity contribution in [1.29, 1.82) is 0 Å². The molecule has 10 heavy (non-hydrogen) atoms. The Hall–Kier alpha value is -0.630. The minimum absolute atomic E-state index is 0.357. The Morgan fingerprint density at radius 2 is 2.30 bits per heavy atom. The zero-order valence-corrected chi connectivity index (χ0v) is 6.63. The van der Waals surface area contributed by atoms with Crippen LogP contribution in [0.15, 0.2) is 12.2 Å². The quantitative estimate of drug-likeness (QED) is 0.459. The van der Waals surface area contributed by atoms with Crippen molar-refractivity contribution in [2.75, 3.05) is 7.05 Å². The Kier molecular flexibility index (Phi) is 6.08. The third kappa shape index (κ3) is 4.27. The Labute approximate surface area is 62.3 Å². The van der Waals surface area contributed by atoms with Gasteiger partial charge in [-0.1, -0.05) is 19.4 Å². The Morgan fingerprint density at radius 3 is 2.70 bits per heavy atom. The van der Waals surface area contributed by atoms with Crippen molar-refractivity contribution >= 4 is 6.29 Å². The van der Waals surface area contributed by atoms with E-state index in [9.17, 15) is 4.79 Å². The first kappa shape index (κ1) is 9.37. The van der Waals surface area contributed by atoms with Gasteiger partial charge in [0.2, 0.25) is 0 Å². The molecule has 1 atom stereocenters. The van der Waals surface area contributed by atoms with E-state index in [0.717, 1.165) is 19.1 Å². The van der Waals surface area contributed by atoms with Gasteiger partial charge in [-0.3, -0.25) is 4.79 Å². The summed E-state index contributed by atoms with van der Waals surface area (Å²) in [4.78, 5) is 9.91. The SMILES string of the molecule is CCCC(/C=C/C=O)NC. The van der Waals surface area contributed by atoms with E-state index in [1.54, 1.807) is 0 Å². The number of carbonyl (C=O) groups excluding carboxylic acids is 1. The number of rotatable bonds is 5. The fourth-order valence-electron chi connectivity index (χ4n) is 0.827. The highest BCUT2D eigenvalue weighted by atomic mass is 16.1. The Bertz CT molecular complexity index is 110. The summed E-state index contributed by atoms with van der Waals surface area (Å²) < 4.78 is 0. The van der Waals surface area contributed by atoms with Crippen molar-refractivity contribution < 1.29 is 4.79 Å². The third-order valence-electron chi connectivity index (χ3n) is 1.39. The van der Waals surface area contributed by atoms with Gasteiger partial charge >= 0.3 is 0 Å². The summed E-state index contributed by atoms with van der Waals surface area (Å²) in [6.45, 7) is 2.12. The van der Waals surface area contributed by atoms with Gasteiger partial charge in [-0.15, -0.1) is 0 Å². The fourth-order valence-corrected chi connectivity index (χ4v) is 0.827. The van der Waals surface area contributed by atoms with Crippen molar-refractivity contribution in [3.63, 3.8) is 0 Å². The molecular weight excluding hydrogens is 126 g/mol. The molecule has 0 saturated heterocycles. The maximum atomic E-state index is 9.91. The highest BCUT2D eigenvalue weighted by molar-refractivity contribution is 5.64. The van der Waals surface area contributed by atoms with Crippen LogP contribution in [0.1, 0.15) is 19.8 Å². The summed E-state index contributed by atoms with van der Waals surface area (Å²) in [6, 6.07) is 0.357. The summed E-state index contributed by atoms with van der Waals surface area (Å²) in [7, 11) is 1.90. The second kappa shape index (κ2) is 6.49. The number of carbonyl (C=O) groups is 1. The van der Waals surface area contributed by atoms with E-state index in [0.29, 0.717) is 6.04 Å². The van der Waals surface area contributed by atoms with Gasteiger partial charge in [0.1, 0.15) is 6.29 Å². The van der Waals surface area contributed by atoms with Crippen LogP contribution in [0, 0.1) is 0 Å². The van der Waals surface area contributed by atoms with Crippen LogP contribution in [-0.4, -0.2) is 19.4 Å². The van der Waals surface area contributed by atoms with Gasteiger partial charge in [0.05, 0.1) is 0 Å². The molecule has 0 aromatic rings. The maximum Gasteiger partial charge on any atom is 0.142 e. The van der Waals surface area contributed by atoms with Crippen LogP contribution in [-0.2, 0) is 4.79 Å². The highest BCUT2D eigenvalue weighted by Crippen LogP contribution is 1.96. The van der Waals surface area contributed by atoms with Gasteiger partial charge in [-0.2, -0.15) is 0 Å². The molecule has 1 unspecified atom stereocenters. The second-order valence-corrected chi connectivity index (χ2v) is 2.20. The minimum Gasteiger partial charge on any atom is -0.314 e. The van der Waals surface area contributed by atoms with Gasteiger partial charge in [0.15, 0.2) is 0 Å². The molecule has 1 N–H and O–H groups in total. The van der Waals surface area contributed by atoms with Gasteiger partial charge in [0, 0.05) is 6.04 Å². The standard InChI is InChI=1S/C8H15NO/c1-3-5-8(9-2)6-4-7-10/h4,6-9H,3,5H2,1-2H3/b6-4+. The largest absolute Gasteiger partial charge is 0.314 e. The molecule has 58 valence electrons. The van der Waals surface area contributed by atoms with Crippen molar-refractivity contribution in [1.82, 2.24) is 5.32 Å². The highest BCUT2D eigenvalue weighted by Gasteiger charge is 1.96. The molecule has 0 heterocycles. The van der Waals surface area contributed by atoms with Gasteiger partial charge in [0.25, 0.3) is 0 Å². The molecule has 2 heteroatoms. The number of hydrogen-bond donors (Lipinski definition) is 1. The first-order valence-electron chi connectivity index (χ1n) is 3.64. The van der Waals surface area contributed by atoms with Crippen LogP contribution >= 0.6 is 0 Å². The molecule has 0 saturated carbocycles. The monoisotopic (exact) mass is 141 g/mol. The average molecular weight is 141 g/mol. The second-order valence-electron chi connectivity index (χ2n) is 2.20. The number of aldehydes is 1. The summed E-state index contributed by atoms with van der Waals surface area (Å²) in [6.07, 6.45) is 6.45. The van der Waals surface area contributed by atoms with E-state index in [2.05, 4.69) is 12.2 Å². The van der Waals surface area contributed by atoms with Crippen molar-refractivity contribution in [3.05, 3.63) is 12.2 Å². The third-order valence-corrected chi connectivity index (χ3v) is 1.39. The molecule has 0 rings (SSSR count). The summed E-state index contributed by atoms with van der Waals surface area (Å²) in [5, 5.41) is 3.09. The summed E-state index contributed by atoms with van der Waals surface area (Å²) in [5.41, 5.74) is 0. The van der Waals surface area contributed by atoms with Crippen LogP contribution < -0.4 is 5.32 Å². The van der Waals surface area contributed by atoms with Gasteiger partial charge in [-0.25, -0.2) is 0 Å². The Balaban J connectivity index is 3.58. The first-order chi connectivity index (χ1) is 4.85. The minimum atomic E-state index is 0.357. The molecule has 0 fully saturated rings. The lowest BCUT2D eigenvalue weighted by molar-refractivity contribution is -0.104. The molecule has 0 amide bonds. The average Bonchev–Trinajstić information content (AvgIpc) is 1.98. The van der Waals surface area contributed by atoms with Gasteiger partial charge < -0.3 is 5.32 Å². The number of allylic oxidation sites excluding steroid dienone is 1. The molecule has 0 aromatic heterocycles. The predicted molar refractivity (Wildman–Crippen MR) is 43.0 cm³/mol. The lowest BCUT2D eigenvalue weighted by Gasteiger charge is -2.07. The van der Waals surface area contributed by atoms with E-state index >= 15 is 0 Å². The zero-order valence-electron chi connectivity index (χ0n) is 6.63. The molecular formula is C8H15NO. The summed E-state index contributed by atoms with van der Waals surface area (Å²) in [5.74, 6) is 0. The molecule has 0 aliphatic carbocycles. The van der Waals surface area contributed by atoms with Crippen LogP contribution in [0.5, 0.6) is 0 Å². The van der Waals surface area contributed by atoms with E-state index in [4.69, 9.17) is 0 Å². The molecule has 0 spiro atoms. The maximum absolute atomic E-state index is 9.91. The normalized spacial score (nSPS) is 13.8. The van der Waals surface area contributed by atoms with Crippen LogP contribution in [0.25, 0.3) is 0 Å². The van der Waals surface area contributed by atoms with E-state index in [1.165, 1.54) is 6.08 Å². The fraction of sp³-hybridized carbons (Fsp3) is 0.625. The molecule has 0 aliphatic rings. The molecule has 0 radical (unpaired) electrons. The predicted octanol–water partition coefficient (Wildman–Crippen LogP) is 1.13. The van der Waals surface area contributed by atoms with E-state index < -0.39 is 0 Å². The lowest BCUT2D eigenvalue weighted by atomic mass is 10.1. The molecule has 0 aliphatic heterocycles. The van der Waals surface area contributed by atoms with Gasteiger partial charge in [-0.05, 0) is 19.5 Å². The Morgan fingerprint density at radius 1 is 1.60 bits per heavy atom. The molecule has 0 bridgehead atoms. The smallest absolute Gasteiger partial charge is 0.142 e. The first-order valence-corrected chi connectivity index (χ1v) is 3.64. The van der Waals surface area contributed by atoms with Crippen molar-refractivity contribution in [2.45, 2.75) is 25.8 Å². The molecule has 0 aromatic carbocycles. The number of likely N-dealkylation sites (N-methyl/N-ethyl adjacent to an activating group) is 1. The summed E-state index contributed by atoms with van der Waals surface area (Å²) >= 11 is 0. The molecule has 2 nitrogen and oxygen atoms in total. The van der Waals surface area contributed by atoms with Crippen LogP contribution in [0.4, 0.5) is 0 Å². The van der Waals surface area contributed by atoms with Crippen LogP contribution in [0.3, 0.4) is 0 Å². The number of hydrogen-bond acceptors (Lipinski definition) is 2. The van der Waals surface area contributed by atoms with E-state index in [1.807, 2.05) is 13.1 Å². The van der Waals surface area contributed by atoms with E-state index in [-0.39, 0.29) is 0 Å². The zero-order chi connectivity index (χ0) is 7.82. The van der Waals surface area contributed by atoms with Crippen molar-refractivity contribution in [3.8, 4) is 0 Å². The van der Waals surface area contributed by atoms with Crippen LogP contribution in [0.2, 0.25) is 0 Å². The number of nitrogens with one attached hydrogen (secondary N) is 1. The lowest BCUT2D eigenvalue weighted by Crippen LogP contribution is -2.22. The topological polar surface area (TPSA) is 29.1 Å².